The van der Waals surface area contributed by atoms with Crippen molar-refractivity contribution in [3.8, 4) is 0 Å². The van der Waals surface area contributed by atoms with E-state index in [4.69, 9.17) is 0 Å². The van der Waals surface area contributed by atoms with E-state index in [1.54, 1.807) is 0 Å². The molecule has 10 nitrogen and oxygen atoms in total. The monoisotopic (exact) mass is 432 g/mol. The van der Waals surface area contributed by atoms with Crippen LogP contribution in [0.4, 0.5) is 0 Å². The minimum atomic E-state index is -0.409. The second-order valence-electron chi connectivity index (χ2n) is 4.07. The Balaban J connectivity index is 2.27. The molecule has 0 aromatic rings. The number of hydroxylamine groups is 1. The summed E-state index contributed by atoms with van der Waals surface area (Å²) in [4.78, 5) is 10.1. The molecule has 1 heterocycles. The largest absolute Gasteiger partial charge is 0.597 e. The highest BCUT2D eigenvalue weighted by atomic mass is 79.9. The van der Waals surface area contributed by atoms with Gasteiger partial charge in [-0.1, -0.05) is 36.7 Å². The van der Waals surface area contributed by atoms with E-state index in [9.17, 15) is 10.4 Å². The molecule has 1 atom stereocenters. The summed E-state index contributed by atoms with van der Waals surface area (Å²) >= 11 is 6.48. The Morgan fingerprint density at radius 2 is 1.86 bits per heavy atom. The predicted molar refractivity (Wildman–Crippen MR) is 79.6 cm³/mol. The summed E-state index contributed by atoms with van der Waals surface area (Å²) in [6.45, 7) is 1.91. The minimum Gasteiger partial charge on any atom is -0.597 e. The average molecular weight is 434 g/mol. The van der Waals surface area contributed by atoms with Crippen LogP contribution in [0, 0.1) is 10.4 Å². The highest BCUT2D eigenvalue weighted by molar-refractivity contribution is 9.09. The molecule has 0 aromatic heterocycles. The molecule has 122 valence electrons. The molecular formula is C9H18Br2N6O4. The first kappa shape index (κ1) is 18.2. The van der Waals surface area contributed by atoms with Gasteiger partial charge in [-0.3, -0.25) is 4.84 Å². The van der Waals surface area contributed by atoms with E-state index in [-0.39, 0.29) is 6.04 Å². The maximum absolute atomic E-state index is 11.6. The summed E-state index contributed by atoms with van der Waals surface area (Å²) in [5.74, 6) is 0. The van der Waals surface area contributed by atoms with E-state index in [1.165, 1.54) is 5.01 Å². The predicted octanol–water partition coefficient (Wildman–Crippen LogP) is 1.10. The molecule has 0 amide bonds. The van der Waals surface area contributed by atoms with Gasteiger partial charge in [0.15, 0.2) is 0 Å². The molecule has 1 rings (SSSR count). The lowest BCUT2D eigenvalue weighted by Crippen LogP contribution is -2.34. The summed E-state index contributed by atoms with van der Waals surface area (Å²) in [6.07, 6.45) is 0.712. The van der Waals surface area contributed by atoms with Crippen LogP contribution in [0.2, 0.25) is 0 Å². The summed E-state index contributed by atoms with van der Waals surface area (Å²) in [6, 6.07) is -0.230. The third-order valence-corrected chi connectivity index (χ3v) is 3.35. The van der Waals surface area contributed by atoms with E-state index in [1.807, 2.05) is 0 Å². The van der Waals surface area contributed by atoms with Gasteiger partial charge in [0.1, 0.15) is 0 Å². The van der Waals surface area contributed by atoms with Crippen molar-refractivity contribution in [3.05, 3.63) is 10.4 Å². The number of rotatable bonds is 10. The first-order valence-electron chi connectivity index (χ1n) is 6.36. The Hall–Kier alpha value is -0.880. The van der Waals surface area contributed by atoms with Crippen LogP contribution >= 0.6 is 31.9 Å². The van der Waals surface area contributed by atoms with Gasteiger partial charge in [0, 0.05) is 23.6 Å². The molecule has 0 saturated carbocycles. The number of hydrogen-bond acceptors (Lipinski definition) is 7. The molecule has 0 spiro atoms. The molecule has 1 saturated heterocycles. The standard InChI is InChI=1S/C9H18Br2N6O4/c10-2-5-15(6-3-11)17(19)14-21-8-20-13-16(18)9-1-4-12-7-9/h9,12H,1-8H2. The number of hydrazine groups is 1. The molecule has 12 heteroatoms. The molecule has 1 unspecified atom stereocenters. The van der Waals surface area contributed by atoms with Gasteiger partial charge in [0.25, 0.3) is 6.79 Å². The Bertz CT molecular complexity index is 347. The van der Waals surface area contributed by atoms with Crippen LogP contribution in [0.3, 0.4) is 0 Å². The molecule has 0 radical (unpaired) electrons. The van der Waals surface area contributed by atoms with E-state index in [0.717, 1.165) is 6.54 Å². The maximum Gasteiger partial charge on any atom is 0.292 e. The van der Waals surface area contributed by atoms with Gasteiger partial charge in [-0.05, 0) is 0 Å². The Kier molecular flexibility index (Phi) is 9.34. The highest BCUT2D eigenvalue weighted by Gasteiger charge is 2.23. The van der Waals surface area contributed by atoms with Crippen molar-refractivity contribution in [2.75, 3.05) is 43.6 Å². The van der Waals surface area contributed by atoms with Crippen LogP contribution in [0.25, 0.3) is 0 Å². The number of nitrogens with one attached hydrogen (secondary N) is 1. The van der Waals surface area contributed by atoms with Crippen LogP contribution < -0.4 is 5.32 Å². The summed E-state index contributed by atoms with van der Waals surface area (Å²) < 4.78 is 0. The Morgan fingerprint density at radius 3 is 2.43 bits per heavy atom. The van der Waals surface area contributed by atoms with Gasteiger partial charge in [0.05, 0.1) is 24.6 Å². The van der Waals surface area contributed by atoms with Crippen molar-refractivity contribution in [1.29, 1.82) is 0 Å². The molecule has 0 bridgehead atoms. The maximum atomic E-state index is 11.6. The van der Waals surface area contributed by atoms with E-state index >= 15 is 0 Å². The Morgan fingerprint density at radius 1 is 1.19 bits per heavy atom. The zero-order valence-corrected chi connectivity index (χ0v) is 14.5. The second-order valence-corrected chi connectivity index (χ2v) is 5.66. The molecule has 0 aromatic carbocycles. The van der Waals surface area contributed by atoms with Crippen molar-refractivity contribution < 1.29 is 19.5 Å². The molecule has 1 fully saturated rings. The minimum absolute atomic E-state index is 0.230. The van der Waals surface area contributed by atoms with E-state index in [2.05, 4.69) is 57.4 Å². The van der Waals surface area contributed by atoms with Crippen LogP contribution in [0.1, 0.15) is 6.42 Å². The summed E-state index contributed by atoms with van der Waals surface area (Å²) in [7, 11) is 0. The number of halogens is 2. The molecule has 21 heavy (non-hydrogen) atoms. The lowest BCUT2D eigenvalue weighted by molar-refractivity contribution is -0.710. The average Bonchev–Trinajstić information content (AvgIpc) is 3.00. The molecular weight excluding hydrogens is 416 g/mol. The quantitative estimate of drug-likeness (QED) is 0.138. The lowest BCUT2D eigenvalue weighted by atomic mass is 10.3. The van der Waals surface area contributed by atoms with Crippen molar-refractivity contribution >= 4 is 31.9 Å². The van der Waals surface area contributed by atoms with Crippen molar-refractivity contribution in [1.82, 2.24) is 10.3 Å². The van der Waals surface area contributed by atoms with Gasteiger partial charge >= 0.3 is 0 Å². The fourth-order valence-electron chi connectivity index (χ4n) is 1.60. The lowest BCUT2D eigenvalue weighted by Gasteiger charge is -2.15. The normalized spacial score (nSPS) is 19.6. The van der Waals surface area contributed by atoms with E-state index in [0.29, 0.717) is 46.5 Å². The smallest absolute Gasteiger partial charge is 0.292 e. The molecule has 0 aliphatic carbocycles. The van der Waals surface area contributed by atoms with Crippen LogP contribution in [0.5, 0.6) is 0 Å². The van der Waals surface area contributed by atoms with Crippen molar-refractivity contribution in [3.63, 3.8) is 0 Å². The third-order valence-electron chi connectivity index (χ3n) is 2.65. The fourth-order valence-corrected chi connectivity index (χ4v) is 2.42. The topological polar surface area (TPSA) is 111 Å². The van der Waals surface area contributed by atoms with Crippen molar-refractivity contribution in [2.24, 2.45) is 10.6 Å². The number of hydrogen-bond donors (Lipinski definition) is 1. The fraction of sp³-hybridized carbons (Fsp3) is 1.00. The highest BCUT2D eigenvalue weighted by Crippen LogP contribution is 2.02. The second kappa shape index (κ2) is 10.8. The van der Waals surface area contributed by atoms with E-state index < -0.39 is 6.79 Å². The Labute approximate surface area is 139 Å². The first-order valence-corrected chi connectivity index (χ1v) is 8.60. The van der Waals surface area contributed by atoms with Crippen molar-refractivity contribution in [2.45, 2.75) is 12.5 Å². The third kappa shape index (κ3) is 7.09. The first-order chi connectivity index (χ1) is 10.2. The summed E-state index contributed by atoms with van der Waals surface area (Å²) in [5, 5.41) is 35.3. The van der Waals surface area contributed by atoms with Gasteiger partial charge in [-0.25, -0.2) is 0 Å². The van der Waals surface area contributed by atoms with Gasteiger partial charge in [-0.15, -0.1) is 5.01 Å². The van der Waals surface area contributed by atoms with Gasteiger partial charge in [0.2, 0.25) is 16.6 Å². The number of alkyl halides is 2. The molecule has 1 aliphatic rings. The zero-order valence-electron chi connectivity index (χ0n) is 11.4. The zero-order chi connectivity index (χ0) is 15.5. The van der Waals surface area contributed by atoms with Gasteiger partial charge < -0.3 is 20.6 Å². The SMILES string of the molecule is [O-][N+](=NOCON=[N+]([O-])N(CCBr)CCBr)C1CCNC1. The molecule has 1 aliphatic heterocycles. The van der Waals surface area contributed by atoms with Crippen LogP contribution in [-0.2, 0) is 9.68 Å². The number of nitrogens with zero attached hydrogens (tertiary/aromatic N) is 5. The van der Waals surface area contributed by atoms with Crippen LogP contribution in [-0.4, -0.2) is 64.5 Å². The van der Waals surface area contributed by atoms with Crippen LogP contribution in [0.15, 0.2) is 10.6 Å². The van der Waals surface area contributed by atoms with Gasteiger partial charge in [-0.2, -0.15) is 0 Å². The summed E-state index contributed by atoms with van der Waals surface area (Å²) in [5.41, 5.74) is 0. The molecule has 1 N–H and O–H groups in total.